The van der Waals surface area contributed by atoms with Crippen LogP contribution >= 0.6 is 23.4 Å². The van der Waals surface area contributed by atoms with E-state index in [1.807, 2.05) is 12.1 Å². The molecule has 2 heterocycles. The lowest BCUT2D eigenvalue weighted by atomic mass is 10.2. The van der Waals surface area contributed by atoms with Gasteiger partial charge in [0, 0.05) is 35.8 Å². The van der Waals surface area contributed by atoms with Gasteiger partial charge in [0.05, 0.1) is 16.1 Å². The van der Waals surface area contributed by atoms with Gasteiger partial charge in [-0.2, -0.15) is 0 Å². The third-order valence-electron chi connectivity index (χ3n) is 4.78. The van der Waals surface area contributed by atoms with Gasteiger partial charge in [0.1, 0.15) is 5.82 Å². The number of hydrogen-bond acceptors (Lipinski definition) is 4. The topological polar surface area (TPSA) is 57.3 Å². The van der Waals surface area contributed by atoms with E-state index in [0.29, 0.717) is 19.0 Å². The van der Waals surface area contributed by atoms with Crippen LogP contribution in [0, 0.1) is 0 Å². The van der Waals surface area contributed by atoms with E-state index in [1.54, 1.807) is 11.8 Å². The van der Waals surface area contributed by atoms with Crippen LogP contribution < -0.4 is 15.5 Å². The first-order valence-electron chi connectivity index (χ1n) is 9.78. The summed E-state index contributed by atoms with van der Waals surface area (Å²) in [6.07, 6.45) is 1.84. The molecule has 0 saturated carbocycles. The number of carbonyl (C=O) groups is 1. The Bertz CT molecular complexity index is 1010. The fraction of sp³-hybridized carbons (Fsp3) is 0.273. The molecule has 0 spiro atoms. The molecule has 0 unspecified atom stereocenters. The molecule has 2 aromatic carbocycles. The number of nitrogens with zero attached hydrogens (tertiary/aromatic N) is 2. The SMILES string of the molecule is O=C(NCCCl)NCCCCN1c2ccccc2Sc2cc3ccccc3nc21. The molecule has 1 aliphatic heterocycles. The van der Waals surface area contributed by atoms with E-state index in [0.717, 1.165) is 36.1 Å². The predicted molar refractivity (Wildman–Crippen MR) is 121 cm³/mol. The first-order chi connectivity index (χ1) is 14.3. The number of unbranched alkanes of at least 4 members (excludes halogenated alkanes) is 1. The smallest absolute Gasteiger partial charge is 0.314 e. The second-order valence-corrected chi connectivity index (χ2v) is 8.26. The molecule has 0 atom stereocenters. The number of anilines is 2. The Hall–Kier alpha value is -2.44. The molecule has 4 rings (SSSR count). The van der Waals surface area contributed by atoms with Gasteiger partial charge in [-0.25, -0.2) is 9.78 Å². The zero-order chi connectivity index (χ0) is 20.1. The lowest BCUT2D eigenvalue weighted by Gasteiger charge is -2.32. The van der Waals surface area contributed by atoms with Gasteiger partial charge >= 0.3 is 6.03 Å². The molecule has 7 heteroatoms. The third-order valence-corrected chi connectivity index (χ3v) is 6.05. The van der Waals surface area contributed by atoms with E-state index in [1.165, 1.54) is 15.5 Å². The molecule has 0 radical (unpaired) electrons. The largest absolute Gasteiger partial charge is 0.338 e. The van der Waals surface area contributed by atoms with Crippen molar-refractivity contribution in [3.05, 3.63) is 54.6 Å². The van der Waals surface area contributed by atoms with Crippen LogP contribution in [0.15, 0.2) is 64.4 Å². The van der Waals surface area contributed by atoms with Gasteiger partial charge in [-0.1, -0.05) is 42.1 Å². The fourth-order valence-corrected chi connectivity index (χ4v) is 4.59. The number of halogens is 1. The molecule has 0 fully saturated rings. The summed E-state index contributed by atoms with van der Waals surface area (Å²) in [5.74, 6) is 1.43. The Balaban J connectivity index is 1.48. The maximum absolute atomic E-state index is 11.6. The molecule has 1 aromatic heterocycles. The summed E-state index contributed by atoms with van der Waals surface area (Å²) in [7, 11) is 0. The first-order valence-corrected chi connectivity index (χ1v) is 11.1. The molecule has 2 N–H and O–H groups in total. The van der Waals surface area contributed by atoms with Gasteiger partial charge < -0.3 is 15.5 Å². The highest BCUT2D eigenvalue weighted by atomic mass is 35.5. The maximum Gasteiger partial charge on any atom is 0.314 e. The standard InChI is InChI=1S/C22H23ClN4OS/c23-11-13-25-22(28)24-12-5-6-14-27-18-9-3-4-10-19(18)29-20-15-16-7-1-2-8-17(16)26-21(20)27/h1-4,7-10,15H,5-6,11-14H2,(H2,24,25,28). The minimum Gasteiger partial charge on any atom is -0.338 e. The molecule has 0 bridgehead atoms. The van der Waals surface area contributed by atoms with Crippen LogP contribution in [-0.4, -0.2) is 36.5 Å². The summed E-state index contributed by atoms with van der Waals surface area (Å²) >= 11 is 7.35. The summed E-state index contributed by atoms with van der Waals surface area (Å²) in [5, 5.41) is 6.74. The van der Waals surface area contributed by atoms with Crippen molar-refractivity contribution in [3.8, 4) is 0 Å². The summed E-state index contributed by atoms with van der Waals surface area (Å²) in [6.45, 7) is 1.96. The highest BCUT2D eigenvalue weighted by Gasteiger charge is 2.24. The van der Waals surface area contributed by atoms with Crippen LogP contribution in [0.3, 0.4) is 0 Å². The van der Waals surface area contributed by atoms with Crippen molar-refractivity contribution in [1.29, 1.82) is 0 Å². The predicted octanol–water partition coefficient (Wildman–Crippen LogP) is 5.16. The molecule has 0 saturated heterocycles. The summed E-state index contributed by atoms with van der Waals surface area (Å²) < 4.78 is 0. The molecule has 3 aromatic rings. The van der Waals surface area contributed by atoms with Gasteiger partial charge in [-0.3, -0.25) is 0 Å². The number of urea groups is 1. The number of pyridine rings is 1. The summed E-state index contributed by atoms with van der Waals surface area (Å²) in [4.78, 5) is 21.3. The lowest BCUT2D eigenvalue weighted by Crippen LogP contribution is -2.37. The van der Waals surface area contributed by atoms with Crippen molar-refractivity contribution in [2.45, 2.75) is 22.6 Å². The van der Waals surface area contributed by atoms with Crippen molar-refractivity contribution in [2.24, 2.45) is 0 Å². The highest BCUT2D eigenvalue weighted by molar-refractivity contribution is 7.99. The van der Waals surface area contributed by atoms with Gasteiger partial charge in [0.15, 0.2) is 0 Å². The van der Waals surface area contributed by atoms with Gasteiger partial charge in [-0.05, 0) is 37.1 Å². The number of fused-ring (bicyclic) bond motifs is 3. The zero-order valence-corrected chi connectivity index (χ0v) is 17.6. The van der Waals surface area contributed by atoms with Crippen LogP contribution in [0.5, 0.6) is 0 Å². The summed E-state index contributed by atoms with van der Waals surface area (Å²) in [5.41, 5.74) is 2.20. The number of benzene rings is 2. The lowest BCUT2D eigenvalue weighted by molar-refractivity contribution is 0.241. The zero-order valence-electron chi connectivity index (χ0n) is 16.0. The Morgan fingerprint density at radius 2 is 1.79 bits per heavy atom. The second-order valence-electron chi connectivity index (χ2n) is 6.80. The fourth-order valence-electron chi connectivity index (χ4n) is 3.40. The second kappa shape index (κ2) is 9.37. The van der Waals surface area contributed by atoms with Crippen molar-refractivity contribution >= 4 is 51.8 Å². The quantitative estimate of drug-likeness (QED) is 0.405. The number of para-hydroxylation sites is 2. The minimum absolute atomic E-state index is 0.163. The van der Waals surface area contributed by atoms with Crippen molar-refractivity contribution in [2.75, 3.05) is 30.4 Å². The molecule has 2 amide bonds. The van der Waals surface area contributed by atoms with E-state index in [9.17, 15) is 4.79 Å². The monoisotopic (exact) mass is 426 g/mol. The molecule has 29 heavy (non-hydrogen) atoms. The van der Waals surface area contributed by atoms with Crippen LogP contribution in [0.4, 0.5) is 16.3 Å². The van der Waals surface area contributed by atoms with E-state index in [-0.39, 0.29) is 6.03 Å². The number of aromatic nitrogens is 1. The van der Waals surface area contributed by atoms with Crippen LogP contribution in [0.25, 0.3) is 10.9 Å². The Kier molecular flexibility index (Phi) is 6.42. The van der Waals surface area contributed by atoms with E-state index in [4.69, 9.17) is 16.6 Å². The number of rotatable bonds is 7. The Morgan fingerprint density at radius 3 is 2.69 bits per heavy atom. The van der Waals surface area contributed by atoms with E-state index < -0.39 is 0 Å². The van der Waals surface area contributed by atoms with E-state index in [2.05, 4.69) is 58.0 Å². The first kappa shape index (κ1) is 19.9. The molecule has 1 aliphatic rings. The third kappa shape index (κ3) is 4.60. The average Bonchev–Trinajstić information content (AvgIpc) is 2.75. The molecular weight excluding hydrogens is 404 g/mol. The van der Waals surface area contributed by atoms with E-state index >= 15 is 0 Å². The number of hydrogen-bond donors (Lipinski definition) is 2. The summed E-state index contributed by atoms with van der Waals surface area (Å²) in [6, 6.07) is 18.8. The van der Waals surface area contributed by atoms with Crippen LogP contribution in [0.1, 0.15) is 12.8 Å². The molecular formula is C22H23ClN4OS. The number of amides is 2. The van der Waals surface area contributed by atoms with Crippen molar-refractivity contribution in [3.63, 3.8) is 0 Å². The average molecular weight is 427 g/mol. The number of nitrogens with one attached hydrogen (secondary N) is 2. The van der Waals surface area contributed by atoms with Crippen LogP contribution in [-0.2, 0) is 0 Å². The minimum atomic E-state index is -0.163. The Morgan fingerprint density at radius 1 is 1.00 bits per heavy atom. The molecule has 5 nitrogen and oxygen atoms in total. The van der Waals surface area contributed by atoms with Gasteiger partial charge in [0.2, 0.25) is 0 Å². The normalized spacial score (nSPS) is 12.4. The molecule has 0 aliphatic carbocycles. The van der Waals surface area contributed by atoms with Gasteiger partial charge in [-0.15, -0.1) is 11.6 Å². The van der Waals surface area contributed by atoms with Gasteiger partial charge in [0.25, 0.3) is 0 Å². The number of carbonyl (C=O) groups excluding carboxylic acids is 1. The maximum atomic E-state index is 11.6. The van der Waals surface area contributed by atoms with Crippen molar-refractivity contribution in [1.82, 2.24) is 15.6 Å². The molecule has 150 valence electrons. The number of alkyl halides is 1. The Labute approximate surface area is 179 Å². The highest BCUT2D eigenvalue weighted by Crippen LogP contribution is 2.47. The van der Waals surface area contributed by atoms with Crippen molar-refractivity contribution < 1.29 is 4.79 Å². The van der Waals surface area contributed by atoms with Crippen LogP contribution in [0.2, 0.25) is 0 Å².